The summed E-state index contributed by atoms with van der Waals surface area (Å²) in [5, 5.41) is 7.36. The van der Waals surface area contributed by atoms with Crippen LogP contribution in [-0.2, 0) is 6.42 Å². The molecule has 0 aromatic heterocycles. The van der Waals surface area contributed by atoms with Gasteiger partial charge in [0.1, 0.15) is 0 Å². The van der Waals surface area contributed by atoms with Crippen LogP contribution < -0.4 is 10.6 Å². The average molecular weight is 280 g/mol. The fraction of sp³-hybridized carbons (Fsp3) is 0.400. The summed E-state index contributed by atoms with van der Waals surface area (Å²) in [7, 11) is 1.78. The van der Waals surface area contributed by atoms with E-state index in [9.17, 15) is 0 Å². The molecule has 0 saturated carbocycles. The van der Waals surface area contributed by atoms with E-state index >= 15 is 0 Å². The Balaban J connectivity index is 2.28. The fourth-order valence-corrected chi connectivity index (χ4v) is 1.91. The van der Waals surface area contributed by atoms with Crippen LogP contribution in [0.2, 0.25) is 5.02 Å². The Morgan fingerprint density at radius 3 is 2.68 bits per heavy atom. The van der Waals surface area contributed by atoms with Crippen molar-refractivity contribution in [1.82, 2.24) is 10.6 Å². The summed E-state index contributed by atoms with van der Waals surface area (Å²) in [6.45, 7) is 3.72. The van der Waals surface area contributed by atoms with Gasteiger partial charge in [-0.15, -0.1) is 0 Å². The van der Waals surface area contributed by atoms with Gasteiger partial charge in [-0.25, -0.2) is 0 Å². The Labute approximate surface area is 120 Å². The molecule has 1 rings (SSSR count). The number of guanidine groups is 1. The highest BCUT2D eigenvalue weighted by Gasteiger charge is 2.00. The first kappa shape index (κ1) is 15.6. The van der Waals surface area contributed by atoms with Crippen molar-refractivity contribution in [1.29, 1.82) is 0 Å². The van der Waals surface area contributed by atoms with E-state index in [-0.39, 0.29) is 0 Å². The van der Waals surface area contributed by atoms with Crippen molar-refractivity contribution in [2.45, 2.75) is 19.8 Å². The van der Waals surface area contributed by atoms with Crippen LogP contribution in [0.15, 0.2) is 41.4 Å². The largest absolute Gasteiger partial charge is 0.356 e. The number of aliphatic imine (C=N–C) groups is 1. The van der Waals surface area contributed by atoms with E-state index in [1.165, 1.54) is 0 Å². The summed E-state index contributed by atoms with van der Waals surface area (Å²) >= 11 is 6.11. The number of benzene rings is 1. The number of allylic oxidation sites excluding steroid dienone is 1. The summed E-state index contributed by atoms with van der Waals surface area (Å²) in [5.74, 6) is 0.830. The third-order valence-electron chi connectivity index (χ3n) is 2.71. The maximum absolute atomic E-state index is 6.11. The monoisotopic (exact) mass is 279 g/mol. The predicted octanol–water partition coefficient (Wildman–Crippen LogP) is 3.01. The molecular formula is C15H22ClN3. The van der Waals surface area contributed by atoms with Gasteiger partial charge in [-0.2, -0.15) is 0 Å². The smallest absolute Gasteiger partial charge is 0.190 e. The molecule has 0 atom stereocenters. The first-order chi connectivity index (χ1) is 9.27. The molecule has 1 aromatic carbocycles. The molecule has 104 valence electrons. The molecule has 4 heteroatoms. The number of nitrogens with zero attached hydrogens (tertiary/aromatic N) is 1. The molecule has 0 unspecified atom stereocenters. The number of rotatable bonds is 6. The SMILES string of the molecule is C/C=C/CCNC(=NC)NCCc1ccccc1Cl. The minimum Gasteiger partial charge on any atom is -0.356 e. The van der Waals surface area contributed by atoms with E-state index in [1.54, 1.807) is 7.05 Å². The summed E-state index contributed by atoms with van der Waals surface area (Å²) in [5.41, 5.74) is 1.15. The van der Waals surface area contributed by atoms with Gasteiger partial charge in [0.15, 0.2) is 5.96 Å². The second-order valence-electron chi connectivity index (χ2n) is 4.12. The maximum atomic E-state index is 6.11. The molecule has 0 fully saturated rings. The Bertz CT molecular complexity index is 427. The van der Waals surface area contributed by atoms with E-state index < -0.39 is 0 Å². The topological polar surface area (TPSA) is 36.4 Å². The van der Waals surface area contributed by atoms with Gasteiger partial charge in [0.25, 0.3) is 0 Å². The molecule has 0 saturated heterocycles. The minimum atomic E-state index is 0.813. The zero-order chi connectivity index (χ0) is 13.9. The Hall–Kier alpha value is -1.48. The van der Waals surface area contributed by atoms with Crippen LogP contribution in [0.25, 0.3) is 0 Å². The van der Waals surface area contributed by atoms with Crippen molar-refractivity contribution in [3.63, 3.8) is 0 Å². The average Bonchev–Trinajstić information content (AvgIpc) is 2.43. The summed E-state index contributed by atoms with van der Waals surface area (Å²) in [6.07, 6.45) is 6.07. The summed E-state index contributed by atoms with van der Waals surface area (Å²) in [6, 6.07) is 7.92. The van der Waals surface area contributed by atoms with Gasteiger partial charge in [0.05, 0.1) is 0 Å². The quantitative estimate of drug-likeness (QED) is 0.363. The van der Waals surface area contributed by atoms with Crippen molar-refractivity contribution in [2.75, 3.05) is 20.1 Å². The minimum absolute atomic E-state index is 0.813. The van der Waals surface area contributed by atoms with Crippen molar-refractivity contribution in [3.8, 4) is 0 Å². The highest BCUT2D eigenvalue weighted by molar-refractivity contribution is 6.31. The van der Waals surface area contributed by atoms with Crippen molar-refractivity contribution < 1.29 is 0 Å². The van der Waals surface area contributed by atoms with Gasteiger partial charge in [-0.05, 0) is 31.4 Å². The molecule has 0 heterocycles. The number of halogens is 1. The van der Waals surface area contributed by atoms with Crippen LogP contribution in [0.4, 0.5) is 0 Å². The molecule has 19 heavy (non-hydrogen) atoms. The highest BCUT2D eigenvalue weighted by atomic mass is 35.5. The molecule has 0 amide bonds. The van der Waals surface area contributed by atoms with Crippen molar-refractivity contribution >= 4 is 17.6 Å². The Kier molecular flexibility index (Phi) is 7.75. The molecular weight excluding hydrogens is 258 g/mol. The predicted molar refractivity (Wildman–Crippen MR) is 84.0 cm³/mol. The lowest BCUT2D eigenvalue weighted by molar-refractivity contribution is 0.791. The van der Waals surface area contributed by atoms with Gasteiger partial charge in [-0.1, -0.05) is 42.0 Å². The second kappa shape index (κ2) is 9.45. The molecule has 0 aliphatic carbocycles. The van der Waals surface area contributed by atoms with Gasteiger partial charge in [0, 0.05) is 25.2 Å². The second-order valence-corrected chi connectivity index (χ2v) is 4.53. The maximum Gasteiger partial charge on any atom is 0.190 e. The van der Waals surface area contributed by atoms with E-state index in [4.69, 9.17) is 11.6 Å². The molecule has 3 nitrogen and oxygen atoms in total. The lowest BCUT2D eigenvalue weighted by Gasteiger charge is -2.11. The molecule has 0 aliphatic heterocycles. The number of nitrogens with one attached hydrogen (secondary N) is 2. The van der Waals surface area contributed by atoms with Crippen LogP contribution in [0.5, 0.6) is 0 Å². The zero-order valence-electron chi connectivity index (χ0n) is 11.6. The van der Waals surface area contributed by atoms with Gasteiger partial charge in [-0.3, -0.25) is 4.99 Å². The van der Waals surface area contributed by atoms with Crippen molar-refractivity contribution in [3.05, 3.63) is 47.0 Å². The lowest BCUT2D eigenvalue weighted by atomic mass is 10.1. The van der Waals surface area contributed by atoms with E-state index in [0.717, 1.165) is 42.5 Å². The van der Waals surface area contributed by atoms with Crippen LogP contribution in [-0.4, -0.2) is 26.1 Å². The molecule has 0 aliphatic rings. The number of hydrogen-bond acceptors (Lipinski definition) is 1. The molecule has 2 N–H and O–H groups in total. The van der Waals surface area contributed by atoms with Gasteiger partial charge >= 0.3 is 0 Å². The molecule has 0 bridgehead atoms. The van der Waals surface area contributed by atoms with E-state index in [0.29, 0.717) is 0 Å². The van der Waals surface area contributed by atoms with Crippen LogP contribution >= 0.6 is 11.6 Å². The van der Waals surface area contributed by atoms with Crippen LogP contribution in [0, 0.1) is 0 Å². The number of hydrogen-bond donors (Lipinski definition) is 2. The Morgan fingerprint density at radius 1 is 1.26 bits per heavy atom. The van der Waals surface area contributed by atoms with E-state index in [2.05, 4.69) is 27.8 Å². The first-order valence-electron chi connectivity index (χ1n) is 6.57. The van der Waals surface area contributed by atoms with Crippen LogP contribution in [0.1, 0.15) is 18.9 Å². The normalized spacial score (nSPS) is 11.8. The van der Waals surface area contributed by atoms with Gasteiger partial charge < -0.3 is 10.6 Å². The van der Waals surface area contributed by atoms with Gasteiger partial charge in [0.2, 0.25) is 0 Å². The third-order valence-corrected chi connectivity index (χ3v) is 3.08. The van der Waals surface area contributed by atoms with Crippen LogP contribution in [0.3, 0.4) is 0 Å². The zero-order valence-corrected chi connectivity index (χ0v) is 12.4. The fourth-order valence-electron chi connectivity index (χ4n) is 1.68. The summed E-state index contributed by atoms with van der Waals surface area (Å²) in [4.78, 5) is 4.18. The highest BCUT2D eigenvalue weighted by Crippen LogP contribution is 2.14. The molecule has 0 spiro atoms. The first-order valence-corrected chi connectivity index (χ1v) is 6.94. The molecule has 0 radical (unpaired) electrons. The third kappa shape index (κ3) is 6.30. The van der Waals surface area contributed by atoms with Crippen molar-refractivity contribution in [2.24, 2.45) is 4.99 Å². The standard InChI is InChI=1S/C15H22ClN3/c1-3-4-7-11-18-15(17-2)19-12-10-13-8-5-6-9-14(13)16/h3-6,8-9H,7,10-12H2,1-2H3,(H2,17,18,19)/b4-3+. The van der Waals surface area contributed by atoms with E-state index in [1.807, 2.05) is 31.2 Å². The molecule has 1 aromatic rings. The summed E-state index contributed by atoms with van der Waals surface area (Å²) < 4.78 is 0. The lowest BCUT2D eigenvalue weighted by Crippen LogP contribution is -2.38. The Morgan fingerprint density at radius 2 is 2.00 bits per heavy atom.